The molecule has 1 heterocycles. The third kappa shape index (κ3) is 4.32. The molecule has 0 unspecified atom stereocenters. The van der Waals surface area contributed by atoms with Crippen LogP contribution in [-0.2, 0) is 10.8 Å². The van der Waals surface area contributed by atoms with Crippen molar-refractivity contribution in [1.29, 1.82) is 0 Å². The summed E-state index contributed by atoms with van der Waals surface area (Å²) in [6.45, 7) is 4.79. The SMILES string of the molecule is CC1(C)c2ccccc2-c2c(N(c3cccc4c3-c3ccccc3C4(c3ccccc3)c3ccccc3)c3cccc4oc5ccccc5c34)cc3ccccc3c21. The lowest BCUT2D eigenvalue weighted by Gasteiger charge is -2.35. The second kappa shape index (κ2) is 12.2. The van der Waals surface area contributed by atoms with Crippen LogP contribution in [0.25, 0.3) is 55.0 Å². The smallest absolute Gasteiger partial charge is 0.137 e. The number of para-hydroxylation sites is 1. The molecule has 0 fully saturated rings. The van der Waals surface area contributed by atoms with Crippen LogP contribution in [0, 0.1) is 0 Å². The quantitative estimate of drug-likeness (QED) is 0.175. The lowest BCUT2D eigenvalue weighted by atomic mass is 9.68. The van der Waals surface area contributed by atoms with Crippen LogP contribution in [-0.4, -0.2) is 0 Å². The first-order valence-corrected chi connectivity index (χ1v) is 20.3. The molecule has 10 aromatic rings. The van der Waals surface area contributed by atoms with Crippen LogP contribution >= 0.6 is 0 Å². The fourth-order valence-electron chi connectivity index (χ4n) is 10.8. The van der Waals surface area contributed by atoms with Gasteiger partial charge >= 0.3 is 0 Å². The number of rotatable bonds is 5. The lowest BCUT2D eigenvalue weighted by molar-refractivity contribution is 0.666. The van der Waals surface area contributed by atoms with Crippen LogP contribution in [0.5, 0.6) is 0 Å². The van der Waals surface area contributed by atoms with Crippen molar-refractivity contribution in [3.63, 3.8) is 0 Å². The number of anilines is 3. The van der Waals surface area contributed by atoms with Gasteiger partial charge in [0.1, 0.15) is 11.2 Å². The van der Waals surface area contributed by atoms with Crippen molar-refractivity contribution < 1.29 is 4.42 Å². The van der Waals surface area contributed by atoms with Crippen molar-refractivity contribution in [1.82, 2.24) is 0 Å². The summed E-state index contributed by atoms with van der Waals surface area (Å²) in [7, 11) is 0. The Morgan fingerprint density at radius 3 is 1.72 bits per heavy atom. The summed E-state index contributed by atoms with van der Waals surface area (Å²) in [6, 6.07) is 73.7. The van der Waals surface area contributed by atoms with Gasteiger partial charge in [-0.3, -0.25) is 0 Å². The standard InChI is InChI=1S/C56H39NO/c1-55(2)43-28-14-11-25-40(43)53-48(35-36-19-9-10-24-39(36)54(53)55)57(47-32-18-34-50-52(47)42-27-13-16-33-49(42)58-50)46-31-17-30-45-51(46)41-26-12-15-29-44(41)56(45,37-20-5-3-6-21-37)38-22-7-4-8-23-38/h3-35H,1-2H3. The number of benzene rings is 9. The maximum absolute atomic E-state index is 6.64. The lowest BCUT2D eigenvalue weighted by Crippen LogP contribution is -2.28. The van der Waals surface area contributed by atoms with Gasteiger partial charge in [0.05, 0.1) is 27.9 Å². The molecule has 274 valence electrons. The molecule has 0 bridgehead atoms. The third-order valence-electron chi connectivity index (χ3n) is 13.1. The average Bonchev–Trinajstić information content (AvgIpc) is 3.89. The molecule has 12 rings (SSSR count). The molecule has 0 atom stereocenters. The molecule has 0 amide bonds. The molecule has 0 aliphatic heterocycles. The maximum atomic E-state index is 6.64. The van der Waals surface area contributed by atoms with E-state index in [0.717, 1.165) is 39.0 Å². The maximum Gasteiger partial charge on any atom is 0.137 e. The van der Waals surface area contributed by atoms with Crippen LogP contribution in [0.3, 0.4) is 0 Å². The second-order valence-corrected chi connectivity index (χ2v) is 16.3. The van der Waals surface area contributed by atoms with Gasteiger partial charge in [-0.1, -0.05) is 184 Å². The van der Waals surface area contributed by atoms with Gasteiger partial charge in [0.15, 0.2) is 0 Å². The summed E-state index contributed by atoms with van der Waals surface area (Å²) in [4.78, 5) is 2.58. The molecular weight excluding hydrogens is 703 g/mol. The topological polar surface area (TPSA) is 16.4 Å². The summed E-state index contributed by atoms with van der Waals surface area (Å²) in [5.74, 6) is 0. The Bertz CT molecular complexity index is 3220. The van der Waals surface area contributed by atoms with Crippen molar-refractivity contribution in [2.75, 3.05) is 4.90 Å². The van der Waals surface area contributed by atoms with E-state index in [0.29, 0.717) is 0 Å². The van der Waals surface area contributed by atoms with E-state index in [1.54, 1.807) is 0 Å². The number of hydrogen-bond acceptors (Lipinski definition) is 2. The fraction of sp³-hybridized carbons (Fsp3) is 0.0714. The van der Waals surface area contributed by atoms with E-state index < -0.39 is 5.41 Å². The number of nitrogens with zero attached hydrogens (tertiary/aromatic N) is 1. The molecule has 1 aromatic heterocycles. The highest BCUT2D eigenvalue weighted by atomic mass is 16.3. The highest BCUT2D eigenvalue weighted by Crippen LogP contribution is 2.62. The zero-order valence-electron chi connectivity index (χ0n) is 32.4. The van der Waals surface area contributed by atoms with Gasteiger partial charge in [-0.05, 0) is 85.6 Å². The third-order valence-corrected chi connectivity index (χ3v) is 13.1. The molecule has 0 N–H and O–H groups in total. The monoisotopic (exact) mass is 741 g/mol. The van der Waals surface area contributed by atoms with Gasteiger partial charge in [-0.25, -0.2) is 0 Å². The largest absolute Gasteiger partial charge is 0.456 e. The summed E-state index contributed by atoms with van der Waals surface area (Å²) >= 11 is 0. The van der Waals surface area contributed by atoms with Gasteiger partial charge in [0, 0.05) is 21.9 Å². The Morgan fingerprint density at radius 2 is 0.966 bits per heavy atom. The van der Waals surface area contributed by atoms with Gasteiger partial charge in [-0.15, -0.1) is 0 Å². The van der Waals surface area contributed by atoms with E-state index in [9.17, 15) is 0 Å². The van der Waals surface area contributed by atoms with E-state index in [2.05, 4.69) is 219 Å². The summed E-state index contributed by atoms with van der Waals surface area (Å²) in [5.41, 5.74) is 17.2. The van der Waals surface area contributed by atoms with Crippen LogP contribution in [0.4, 0.5) is 17.1 Å². The van der Waals surface area contributed by atoms with Crippen LogP contribution < -0.4 is 4.90 Å². The van der Waals surface area contributed by atoms with Crippen molar-refractivity contribution in [3.8, 4) is 22.3 Å². The van der Waals surface area contributed by atoms with Crippen LogP contribution in [0.2, 0.25) is 0 Å². The number of furan rings is 1. The zero-order valence-corrected chi connectivity index (χ0v) is 32.4. The highest BCUT2D eigenvalue weighted by Gasteiger charge is 2.48. The van der Waals surface area contributed by atoms with E-state index >= 15 is 0 Å². The normalized spacial score (nSPS) is 14.3. The first-order chi connectivity index (χ1) is 28.6. The molecule has 2 aliphatic rings. The molecule has 2 aliphatic carbocycles. The van der Waals surface area contributed by atoms with Crippen molar-refractivity contribution in [3.05, 3.63) is 234 Å². The molecule has 58 heavy (non-hydrogen) atoms. The van der Waals surface area contributed by atoms with E-state index in [1.807, 2.05) is 0 Å². The summed E-state index contributed by atoms with van der Waals surface area (Å²) in [5, 5.41) is 4.73. The minimum atomic E-state index is -0.537. The average molecular weight is 742 g/mol. The second-order valence-electron chi connectivity index (χ2n) is 16.3. The van der Waals surface area contributed by atoms with E-state index in [-0.39, 0.29) is 5.41 Å². The van der Waals surface area contributed by atoms with Gasteiger partial charge in [-0.2, -0.15) is 0 Å². The van der Waals surface area contributed by atoms with Crippen molar-refractivity contribution >= 4 is 49.8 Å². The molecule has 0 radical (unpaired) electrons. The zero-order chi connectivity index (χ0) is 38.6. The highest BCUT2D eigenvalue weighted by molar-refractivity contribution is 6.16. The molecule has 0 saturated heterocycles. The molecule has 2 heteroatoms. The first kappa shape index (κ1) is 33.0. The van der Waals surface area contributed by atoms with Gasteiger partial charge in [0.2, 0.25) is 0 Å². The predicted octanol–water partition coefficient (Wildman–Crippen LogP) is 14.9. The Kier molecular flexibility index (Phi) is 6.93. The molecule has 0 spiro atoms. The minimum Gasteiger partial charge on any atom is -0.456 e. The molecular formula is C56H39NO. The molecule has 9 aromatic carbocycles. The Morgan fingerprint density at radius 1 is 0.414 bits per heavy atom. The number of hydrogen-bond donors (Lipinski definition) is 0. The van der Waals surface area contributed by atoms with Crippen molar-refractivity contribution in [2.45, 2.75) is 24.7 Å². The predicted molar refractivity (Wildman–Crippen MR) is 241 cm³/mol. The molecule has 2 nitrogen and oxygen atoms in total. The van der Waals surface area contributed by atoms with Crippen molar-refractivity contribution in [2.24, 2.45) is 0 Å². The van der Waals surface area contributed by atoms with Gasteiger partial charge in [0.25, 0.3) is 0 Å². The molecule has 0 saturated carbocycles. The van der Waals surface area contributed by atoms with E-state index in [4.69, 9.17) is 4.42 Å². The van der Waals surface area contributed by atoms with Crippen LogP contribution in [0.1, 0.15) is 47.2 Å². The summed E-state index contributed by atoms with van der Waals surface area (Å²) < 4.78 is 6.64. The minimum absolute atomic E-state index is 0.220. The Hall–Kier alpha value is -7.16. The summed E-state index contributed by atoms with van der Waals surface area (Å²) in [6.07, 6.45) is 0. The Labute approximate surface area is 338 Å². The Balaban J connectivity index is 1.27. The van der Waals surface area contributed by atoms with E-state index in [1.165, 1.54) is 66.4 Å². The number of fused-ring (bicyclic) bond motifs is 11. The first-order valence-electron chi connectivity index (χ1n) is 20.3. The fourth-order valence-corrected chi connectivity index (χ4v) is 10.8. The van der Waals surface area contributed by atoms with Gasteiger partial charge < -0.3 is 9.32 Å². The van der Waals surface area contributed by atoms with Crippen LogP contribution in [0.15, 0.2) is 205 Å².